The Morgan fingerprint density at radius 2 is 0.897 bits per heavy atom. The molecule has 1 unspecified atom stereocenters. The second-order valence-corrected chi connectivity index (χ2v) is 9.29. The summed E-state index contributed by atoms with van der Waals surface area (Å²) < 4.78 is 0. The molecule has 0 saturated carbocycles. The maximum absolute atomic E-state index is 8.98. The van der Waals surface area contributed by atoms with Crippen LogP contribution in [0.2, 0.25) is 0 Å². The highest BCUT2D eigenvalue weighted by atomic mass is 16.2. The van der Waals surface area contributed by atoms with Gasteiger partial charge in [-0.25, -0.2) is 0 Å². The first-order valence-electron chi connectivity index (χ1n) is 13.6. The van der Waals surface area contributed by atoms with Crippen molar-refractivity contribution in [3.63, 3.8) is 0 Å². The van der Waals surface area contributed by atoms with Crippen molar-refractivity contribution < 1.29 is 5.11 Å². The fraction of sp³-hybridized carbons (Fsp3) is 0.929. The highest BCUT2D eigenvalue weighted by Crippen LogP contribution is 2.21. The van der Waals surface area contributed by atoms with Gasteiger partial charge in [0.2, 0.25) is 0 Å². The Hall–Kier alpha value is -0.300. The van der Waals surface area contributed by atoms with E-state index in [1.54, 1.807) is 0 Å². The van der Waals surface area contributed by atoms with Crippen molar-refractivity contribution >= 4 is 0 Å². The molecule has 0 radical (unpaired) electrons. The first-order chi connectivity index (χ1) is 14.3. The van der Waals surface area contributed by atoms with Crippen molar-refractivity contribution in [3.8, 4) is 0 Å². The Morgan fingerprint density at radius 1 is 0.517 bits per heavy atom. The third-order valence-corrected chi connectivity index (χ3v) is 6.29. The highest BCUT2D eigenvalue weighted by Gasteiger charge is 2.05. The average molecular weight is 409 g/mol. The lowest BCUT2D eigenvalue weighted by atomic mass is 9.93. The van der Waals surface area contributed by atoms with Gasteiger partial charge in [-0.05, 0) is 31.6 Å². The summed E-state index contributed by atoms with van der Waals surface area (Å²) in [6.07, 6.45) is 35.2. The summed E-state index contributed by atoms with van der Waals surface area (Å²) in [5.74, 6) is 0.780. The Kier molecular flexibility index (Phi) is 25.5. The molecule has 0 aromatic rings. The van der Waals surface area contributed by atoms with E-state index in [9.17, 15) is 0 Å². The van der Waals surface area contributed by atoms with E-state index >= 15 is 0 Å². The molecular weight excluding hydrogens is 352 g/mol. The summed E-state index contributed by atoms with van der Waals surface area (Å²) >= 11 is 0. The van der Waals surface area contributed by atoms with Crippen LogP contribution in [0, 0.1) is 5.92 Å². The minimum atomic E-state index is 0.325. The fourth-order valence-electron chi connectivity index (χ4n) is 4.27. The molecule has 1 nitrogen and oxygen atoms in total. The predicted octanol–water partition coefficient (Wildman–Crippen LogP) is 9.77. The van der Waals surface area contributed by atoms with Crippen LogP contribution >= 0.6 is 0 Å². The molecule has 1 atom stereocenters. The van der Waals surface area contributed by atoms with E-state index in [2.05, 4.69) is 26.0 Å². The summed E-state index contributed by atoms with van der Waals surface area (Å²) in [4.78, 5) is 0. The molecule has 0 bridgehead atoms. The zero-order valence-electron chi connectivity index (χ0n) is 20.4. The van der Waals surface area contributed by atoms with E-state index < -0.39 is 0 Å². The number of aliphatic hydroxyl groups is 1. The third-order valence-electron chi connectivity index (χ3n) is 6.29. The Morgan fingerprint density at radius 3 is 1.28 bits per heavy atom. The van der Waals surface area contributed by atoms with Crippen molar-refractivity contribution in [1.82, 2.24) is 0 Å². The van der Waals surface area contributed by atoms with Gasteiger partial charge >= 0.3 is 0 Å². The van der Waals surface area contributed by atoms with Crippen LogP contribution in [-0.4, -0.2) is 11.7 Å². The number of rotatable bonds is 24. The number of hydrogen-bond donors (Lipinski definition) is 1. The molecule has 0 fully saturated rings. The van der Waals surface area contributed by atoms with Gasteiger partial charge in [-0.15, -0.1) is 0 Å². The molecule has 0 aromatic carbocycles. The summed E-state index contributed by atoms with van der Waals surface area (Å²) in [5.41, 5.74) is 0. The lowest BCUT2D eigenvalue weighted by Crippen LogP contribution is -1.98. The first-order valence-corrected chi connectivity index (χ1v) is 13.6. The summed E-state index contributed by atoms with van der Waals surface area (Å²) in [6, 6.07) is 0. The molecule has 0 aliphatic heterocycles. The van der Waals surface area contributed by atoms with Crippen LogP contribution in [0.1, 0.15) is 155 Å². The average Bonchev–Trinajstić information content (AvgIpc) is 2.73. The molecule has 0 aromatic heterocycles. The number of aliphatic hydroxyl groups excluding tert-OH is 1. The van der Waals surface area contributed by atoms with E-state index in [1.165, 1.54) is 128 Å². The number of unbranched alkanes of at least 4 members (excludes halogenated alkanes) is 17. The van der Waals surface area contributed by atoms with Gasteiger partial charge in [0, 0.05) is 6.61 Å². The van der Waals surface area contributed by atoms with Crippen molar-refractivity contribution in [2.75, 3.05) is 6.61 Å². The van der Waals surface area contributed by atoms with Gasteiger partial charge in [0.25, 0.3) is 0 Å². The van der Waals surface area contributed by atoms with Crippen LogP contribution in [0.3, 0.4) is 0 Å². The summed E-state index contributed by atoms with van der Waals surface area (Å²) in [7, 11) is 0. The molecular formula is C28H56O. The van der Waals surface area contributed by atoms with E-state index in [1.807, 2.05) is 0 Å². The second-order valence-electron chi connectivity index (χ2n) is 9.29. The molecule has 0 rings (SSSR count). The van der Waals surface area contributed by atoms with Crippen LogP contribution in [0.4, 0.5) is 0 Å². The topological polar surface area (TPSA) is 20.2 Å². The lowest BCUT2D eigenvalue weighted by Gasteiger charge is -2.13. The number of allylic oxidation sites excluding steroid dienone is 2. The van der Waals surface area contributed by atoms with Crippen molar-refractivity contribution in [1.29, 1.82) is 0 Å². The normalized spacial score (nSPS) is 12.8. The van der Waals surface area contributed by atoms with Crippen molar-refractivity contribution in [2.24, 2.45) is 5.92 Å². The van der Waals surface area contributed by atoms with Crippen LogP contribution < -0.4 is 0 Å². The molecule has 1 N–H and O–H groups in total. The molecule has 0 heterocycles. The quantitative estimate of drug-likeness (QED) is 0.124. The Bertz CT molecular complexity index is 309. The maximum Gasteiger partial charge on any atom is 0.0433 e. The Balaban J connectivity index is 3.76. The molecule has 174 valence electrons. The van der Waals surface area contributed by atoms with Gasteiger partial charge in [0.15, 0.2) is 0 Å². The largest absolute Gasteiger partial charge is 0.396 e. The molecule has 0 aliphatic carbocycles. The van der Waals surface area contributed by atoms with Gasteiger partial charge in [0.05, 0.1) is 0 Å². The zero-order valence-corrected chi connectivity index (χ0v) is 20.4. The zero-order chi connectivity index (χ0) is 21.3. The minimum absolute atomic E-state index is 0.325. The van der Waals surface area contributed by atoms with Crippen LogP contribution in [-0.2, 0) is 0 Å². The summed E-state index contributed by atoms with van der Waals surface area (Å²) in [6.45, 7) is 4.91. The van der Waals surface area contributed by atoms with Gasteiger partial charge in [-0.1, -0.05) is 142 Å². The van der Waals surface area contributed by atoms with Crippen molar-refractivity contribution in [3.05, 3.63) is 12.2 Å². The van der Waals surface area contributed by atoms with E-state index in [0.29, 0.717) is 6.61 Å². The van der Waals surface area contributed by atoms with E-state index in [4.69, 9.17) is 5.11 Å². The lowest BCUT2D eigenvalue weighted by molar-refractivity contribution is 0.289. The predicted molar refractivity (Wildman–Crippen MR) is 133 cm³/mol. The Labute approximate surface area is 185 Å². The van der Waals surface area contributed by atoms with Gasteiger partial charge in [0.1, 0.15) is 0 Å². The second kappa shape index (κ2) is 25.7. The standard InChI is InChI=1S/C28H56O/c1-3-5-7-9-11-13-14-16-18-21-25-28(26-22-19-23-27-29)24-20-17-15-12-10-8-6-4-2/h22,26,28-29H,3-21,23-25,27H2,1-2H3. The van der Waals surface area contributed by atoms with Gasteiger partial charge < -0.3 is 5.11 Å². The molecule has 1 heteroatoms. The van der Waals surface area contributed by atoms with Gasteiger partial charge in [-0.2, -0.15) is 0 Å². The third kappa shape index (κ3) is 23.8. The van der Waals surface area contributed by atoms with Crippen LogP contribution in [0.25, 0.3) is 0 Å². The fourth-order valence-corrected chi connectivity index (χ4v) is 4.27. The van der Waals surface area contributed by atoms with Gasteiger partial charge in [-0.3, -0.25) is 0 Å². The monoisotopic (exact) mass is 408 g/mol. The molecule has 0 saturated heterocycles. The van der Waals surface area contributed by atoms with Crippen molar-refractivity contribution in [2.45, 2.75) is 155 Å². The van der Waals surface area contributed by atoms with Crippen LogP contribution in [0.15, 0.2) is 12.2 Å². The molecule has 0 spiro atoms. The highest BCUT2D eigenvalue weighted by molar-refractivity contribution is 4.88. The molecule has 0 amide bonds. The SMILES string of the molecule is CCCCCCCCCCCCC(C=CCCCO)CCCCCCCCCC. The van der Waals surface area contributed by atoms with E-state index in [-0.39, 0.29) is 0 Å². The van der Waals surface area contributed by atoms with E-state index in [0.717, 1.165) is 18.8 Å². The number of hydrogen-bond acceptors (Lipinski definition) is 1. The smallest absolute Gasteiger partial charge is 0.0433 e. The summed E-state index contributed by atoms with van der Waals surface area (Å²) in [5, 5.41) is 8.98. The molecule has 0 aliphatic rings. The molecule has 29 heavy (non-hydrogen) atoms. The van der Waals surface area contributed by atoms with Crippen LogP contribution in [0.5, 0.6) is 0 Å². The first kappa shape index (κ1) is 28.7. The maximum atomic E-state index is 8.98. The minimum Gasteiger partial charge on any atom is -0.396 e.